The molecule has 2 aliphatic rings. The molecule has 2 aromatic rings. The maximum Gasteiger partial charge on any atom is 0.417 e. The van der Waals surface area contributed by atoms with E-state index in [-0.39, 0.29) is 25.2 Å². The Kier molecular flexibility index (Phi) is 5.63. The lowest BCUT2D eigenvalue weighted by atomic mass is 9.56. The molecule has 0 aromatic heterocycles. The largest absolute Gasteiger partial charge is 0.465 e. The molecule has 31 heavy (non-hydrogen) atoms. The predicted molar refractivity (Wildman–Crippen MR) is 111 cm³/mol. The zero-order valence-corrected chi connectivity index (χ0v) is 17.5. The van der Waals surface area contributed by atoms with Crippen LogP contribution in [0.15, 0.2) is 48.5 Å². The Morgan fingerprint density at radius 2 is 1.90 bits per heavy atom. The number of hydrogen-bond donors (Lipinski definition) is 1. The van der Waals surface area contributed by atoms with E-state index in [1.54, 1.807) is 6.07 Å². The van der Waals surface area contributed by atoms with Crippen molar-refractivity contribution in [2.45, 2.75) is 62.1 Å². The van der Waals surface area contributed by atoms with E-state index in [1.165, 1.54) is 7.11 Å². The molecule has 6 heteroatoms. The van der Waals surface area contributed by atoms with Crippen LogP contribution in [-0.2, 0) is 23.0 Å². The highest BCUT2D eigenvalue weighted by Crippen LogP contribution is 2.56. The van der Waals surface area contributed by atoms with Crippen molar-refractivity contribution < 1.29 is 27.8 Å². The smallest absolute Gasteiger partial charge is 0.417 e. The number of halogens is 3. The second kappa shape index (κ2) is 7.97. The van der Waals surface area contributed by atoms with E-state index in [9.17, 15) is 23.1 Å². The van der Waals surface area contributed by atoms with Crippen LogP contribution in [0.5, 0.6) is 0 Å². The van der Waals surface area contributed by atoms with Gasteiger partial charge in [0.2, 0.25) is 0 Å². The van der Waals surface area contributed by atoms with Crippen LogP contribution in [0.4, 0.5) is 13.2 Å². The van der Waals surface area contributed by atoms with Crippen molar-refractivity contribution in [3.8, 4) is 0 Å². The monoisotopic (exact) mass is 432 g/mol. The molecule has 1 N–H and O–H groups in total. The Balaban J connectivity index is 1.82. The van der Waals surface area contributed by atoms with Crippen LogP contribution in [0.1, 0.15) is 59.2 Å². The van der Waals surface area contributed by atoms with Gasteiger partial charge in [0.1, 0.15) is 0 Å². The predicted octanol–water partition coefficient (Wildman–Crippen LogP) is 5.38. The zero-order chi connectivity index (χ0) is 22.3. The third-order valence-corrected chi connectivity index (χ3v) is 7.30. The van der Waals surface area contributed by atoms with Crippen LogP contribution in [0.25, 0.3) is 0 Å². The number of carbonyl (C=O) groups excluding carboxylic acids is 1. The Hall–Kier alpha value is -2.34. The summed E-state index contributed by atoms with van der Waals surface area (Å²) >= 11 is 0. The zero-order valence-electron chi connectivity index (χ0n) is 17.5. The summed E-state index contributed by atoms with van der Waals surface area (Å²) in [6.07, 6.45) is -2.39. The molecule has 0 spiro atoms. The van der Waals surface area contributed by atoms with Crippen LogP contribution in [0.3, 0.4) is 0 Å². The van der Waals surface area contributed by atoms with Crippen LogP contribution in [0, 0.1) is 5.92 Å². The van der Waals surface area contributed by atoms with Crippen molar-refractivity contribution in [2.24, 2.45) is 5.92 Å². The van der Waals surface area contributed by atoms with Crippen molar-refractivity contribution in [1.29, 1.82) is 0 Å². The number of rotatable bonds is 3. The van der Waals surface area contributed by atoms with E-state index in [2.05, 4.69) is 0 Å². The quantitative estimate of drug-likeness (QED) is 0.662. The molecule has 0 unspecified atom stereocenters. The normalized spacial score (nSPS) is 28.2. The minimum Gasteiger partial charge on any atom is -0.465 e. The topological polar surface area (TPSA) is 46.5 Å². The number of carbonyl (C=O) groups is 1. The molecule has 0 saturated heterocycles. The van der Waals surface area contributed by atoms with Gasteiger partial charge in [-0.15, -0.1) is 0 Å². The van der Waals surface area contributed by atoms with Gasteiger partial charge in [0.05, 0.1) is 12.7 Å². The van der Waals surface area contributed by atoms with Crippen molar-refractivity contribution in [3.05, 3.63) is 70.8 Å². The standard InChI is InChI=1S/C25H27F3O3/c1-31-22(29)19-10-11-21-18(14-19)8-5-9-20-16-24(30,25(26,27)28)13-12-23(20,21)15-17-6-3-2-4-7-17/h2-4,6-7,10-11,14,20,30H,5,8-9,12-13,15-16H2,1H3/t20-,23+,24-/m0/s1. The van der Waals surface area contributed by atoms with E-state index in [1.807, 2.05) is 42.5 Å². The number of hydrogen-bond acceptors (Lipinski definition) is 3. The minimum absolute atomic E-state index is 0.243. The molecule has 166 valence electrons. The summed E-state index contributed by atoms with van der Waals surface area (Å²) in [5, 5.41) is 10.5. The lowest BCUT2D eigenvalue weighted by Crippen LogP contribution is -2.55. The molecular weight excluding hydrogens is 405 g/mol. The first kappa shape index (κ1) is 21.9. The molecule has 1 fully saturated rings. The number of alkyl halides is 3. The van der Waals surface area contributed by atoms with Crippen LogP contribution in [-0.4, -0.2) is 30.0 Å². The molecule has 0 heterocycles. The number of ether oxygens (including phenoxy) is 1. The first-order valence-corrected chi connectivity index (χ1v) is 10.7. The van der Waals surface area contributed by atoms with Gasteiger partial charge in [-0.25, -0.2) is 4.79 Å². The lowest BCUT2D eigenvalue weighted by molar-refractivity contribution is -0.279. The summed E-state index contributed by atoms with van der Waals surface area (Å²) < 4.78 is 46.0. The molecule has 3 atom stereocenters. The summed E-state index contributed by atoms with van der Waals surface area (Å²) in [5.41, 5.74) is 0.370. The van der Waals surface area contributed by atoms with Gasteiger partial charge in [-0.05, 0) is 79.7 Å². The molecule has 0 aliphatic heterocycles. The Labute approximate surface area is 180 Å². The molecule has 0 bridgehead atoms. The van der Waals surface area contributed by atoms with Crippen LogP contribution in [0.2, 0.25) is 0 Å². The third kappa shape index (κ3) is 3.86. The Bertz CT molecular complexity index is 956. The van der Waals surface area contributed by atoms with Gasteiger partial charge >= 0.3 is 12.1 Å². The van der Waals surface area contributed by atoms with Gasteiger partial charge in [0.15, 0.2) is 5.60 Å². The average Bonchev–Trinajstić information content (AvgIpc) is 2.89. The fourth-order valence-electron chi connectivity index (χ4n) is 5.69. The second-order valence-corrected chi connectivity index (χ2v) is 9.00. The van der Waals surface area contributed by atoms with E-state index >= 15 is 0 Å². The first-order chi connectivity index (χ1) is 14.7. The molecule has 0 amide bonds. The molecule has 0 radical (unpaired) electrons. The van der Waals surface area contributed by atoms with Crippen LogP contribution < -0.4 is 0 Å². The second-order valence-electron chi connectivity index (χ2n) is 9.00. The molecule has 2 aliphatic carbocycles. The maximum atomic E-state index is 13.7. The van der Waals surface area contributed by atoms with Crippen molar-refractivity contribution in [2.75, 3.05) is 7.11 Å². The summed E-state index contributed by atoms with van der Waals surface area (Å²) in [7, 11) is 1.33. The number of aryl methyl sites for hydroxylation is 1. The Morgan fingerprint density at radius 3 is 2.58 bits per heavy atom. The van der Waals surface area contributed by atoms with Crippen molar-refractivity contribution in [3.63, 3.8) is 0 Å². The minimum atomic E-state index is -4.64. The Morgan fingerprint density at radius 1 is 1.16 bits per heavy atom. The van der Waals surface area contributed by atoms with E-state index in [4.69, 9.17) is 4.74 Å². The van der Waals surface area contributed by atoms with E-state index in [0.717, 1.165) is 16.7 Å². The van der Waals surface area contributed by atoms with Gasteiger partial charge in [0, 0.05) is 5.41 Å². The van der Waals surface area contributed by atoms with E-state index < -0.39 is 23.2 Å². The summed E-state index contributed by atoms with van der Waals surface area (Å²) in [6.45, 7) is 0. The van der Waals surface area contributed by atoms with Gasteiger partial charge in [0.25, 0.3) is 0 Å². The fraction of sp³-hybridized carbons (Fsp3) is 0.480. The van der Waals surface area contributed by atoms with Gasteiger partial charge < -0.3 is 9.84 Å². The number of benzene rings is 2. The molecular formula is C25H27F3O3. The average molecular weight is 432 g/mol. The van der Waals surface area contributed by atoms with Crippen molar-refractivity contribution >= 4 is 5.97 Å². The maximum absolute atomic E-state index is 13.7. The van der Waals surface area contributed by atoms with Gasteiger partial charge in [-0.3, -0.25) is 0 Å². The van der Waals surface area contributed by atoms with Gasteiger partial charge in [-0.2, -0.15) is 13.2 Å². The number of esters is 1. The lowest BCUT2D eigenvalue weighted by Gasteiger charge is -2.50. The summed E-state index contributed by atoms with van der Waals surface area (Å²) in [6, 6.07) is 15.3. The van der Waals surface area contributed by atoms with Gasteiger partial charge in [-0.1, -0.05) is 36.4 Å². The number of methoxy groups -OCH3 is 1. The van der Waals surface area contributed by atoms with Crippen LogP contribution >= 0.6 is 0 Å². The highest BCUT2D eigenvalue weighted by atomic mass is 19.4. The third-order valence-electron chi connectivity index (χ3n) is 7.30. The van der Waals surface area contributed by atoms with Crippen molar-refractivity contribution in [1.82, 2.24) is 0 Å². The first-order valence-electron chi connectivity index (χ1n) is 10.7. The van der Waals surface area contributed by atoms with E-state index in [0.29, 0.717) is 31.2 Å². The summed E-state index contributed by atoms with van der Waals surface area (Å²) in [4.78, 5) is 12.1. The SMILES string of the molecule is COC(=O)c1ccc2c(c1)CCC[C@H]1C[C@](O)(C(F)(F)F)CC[C@]21Cc1ccccc1. The number of aliphatic hydroxyl groups is 1. The molecule has 2 aromatic carbocycles. The highest BCUT2D eigenvalue weighted by molar-refractivity contribution is 5.89. The summed E-state index contributed by atoms with van der Waals surface area (Å²) in [5.74, 6) is -0.728. The molecule has 4 rings (SSSR count). The molecule has 1 saturated carbocycles. The molecule has 3 nitrogen and oxygen atoms in total. The fourth-order valence-corrected chi connectivity index (χ4v) is 5.69. The highest BCUT2D eigenvalue weighted by Gasteiger charge is 2.60. The number of fused-ring (bicyclic) bond motifs is 3.